The van der Waals surface area contributed by atoms with Gasteiger partial charge < -0.3 is 20.9 Å². The maximum Gasteiger partial charge on any atom is 0.318 e. The third-order valence-corrected chi connectivity index (χ3v) is 4.00. The highest BCUT2D eigenvalue weighted by atomic mass is 16.2. The summed E-state index contributed by atoms with van der Waals surface area (Å²) < 4.78 is 0. The van der Waals surface area contributed by atoms with Gasteiger partial charge in [0.05, 0.1) is 12.4 Å². The number of hydrogen-bond donors (Lipinski definition) is 3. The first-order valence-electron chi connectivity index (χ1n) is 7.51. The number of aromatic amines is 1. The number of primary amides is 1. The molecule has 0 aliphatic carbocycles. The molecular weight excluding hydrogens is 294 g/mol. The van der Waals surface area contributed by atoms with Crippen molar-refractivity contribution in [3.05, 3.63) is 54.1 Å². The van der Waals surface area contributed by atoms with Gasteiger partial charge in [0.2, 0.25) is 5.91 Å². The Balaban J connectivity index is 1.68. The lowest BCUT2D eigenvalue weighted by molar-refractivity contribution is -0.122. The molecule has 0 spiro atoms. The van der Waals surface area contributed by atoms with Crippen molar-refractivity contribution >= 4 is 11.9 Å². The Bertz CT molecular complexity index is 671. The van der Waals surface area contributed by atoms with Crippen LogP contribution in [-0.2, 0) is 17.6 Å². The van der Waals surface area contributed by atoms with Crippen LogP contribution >= 0.6 is 0 Å². The van der Waals surface area contributed by atoms with Gasteiger partial charge in [-0.05, 0) is 12.0 Å². The van der Waals surface area contributed by atoms with E-state index in [-0.39, 0.29) is 12.1 Å². The first-order valence-corrected chi connectivity index (χ1v) is 7.51. The number of imidazole rings is 1. The van der Waals surface area contributed by atoms with Gasteiger partial charge in [0.1, 0.15) is 6.04 Å². The minimum Gasteiger partial charge on any atom is -0.368 e. The summed E-state index contributed by atoms with van der Waals surface area (Å²) in [5.41, 5.74) is 7.41. The van der Waals surface area contributed by atoms with Gasteiger partial charge in [0.15, 0.2) is 0 Å². The van der Waals surface area contributed by atoms with Gasteiger partial charge >= 0.3 is 6.03 Å². The Hall–Kier alpha value is -2.83. The quantitative estimate of drug-likeness (QED) is 0.721. The lowest BCUT2D eigenvalue weighted by atomic mass is 10.1. The second-order valence-electron chi connectivity index (χ2n) is 5.69. The summed E-state index contributed by atoms with van der Waals surface area (Å²) in [7, 11) is 0. The van der Waals surface area contributed by atoms with Gasteiger partial charge in [-0.2, -0.15) is 0 Å². The number of urea groups is 1. The van der Waals surface area contributed by atoms with Crippen LogP contribution < -0.4 is 11.1 Å². The van der Waals surface area contributed by atoms with Crippen LogP contribution in [-0.4, -0.2) is 45.4 Å². The van der Waals surface area contributed by atoms with Gasteiger partial charge in [-0.3, -0.25) is 4.79 Å². The summed E-state index contributed by atoms with van der Waals surface area (Å²) in [4.78, 5) is 32.4. The maximum atomic E-state index is 12.2. The Morgan fingerprint density at radius 3 is 2.83 bits per heavy atom. The lowest BCUT2D eigenvalue weighted by Crippen LogP contribution is -2.47. The van der Waals surface area contributed by atoms with Gasteiger partial charge in [0.25, 0.3) is 0 Å². The number of nitrogens with two attached hydrogens (primary N) is 1. The number of carbonyl (C=O) groups excluding carboxylic acids is 2. The number of carbonyl (C=O) groups is 2. The summed E-state index contributed by atoms with van der Waals surface area (Å²) in [5, 5.41) is 2.92. The molecule has 2 aromatic rings. The number of nitrogens with zero attached hydrogens (tertiary/aromatic N) is 2. The normalized spacial score (nSPS) is 18.7. The van der Waals surface area contributed by atoms with Crippen LogP contribution in [0, 0.1) is 0 Å². The minimum atomic E-state index is -0.684. The molecule has 0 radical (unpaired) electrons. The lowest BCUT2D eigenvalue weighted by Gasteiger charge is -2.23. The summed E-state index contributed by atoms with van der Waals surface area (Å²) >= 11 is 0. The molecule has 1 aromatic heterocycles. The number of nitrogens with one attached hydrogen (secondary N) is 2. The van der Waals surface area contributed by atoms with Crippen LogP contribution in [0.15, 0.2) is 42.9 Å². The number of amides is 3. The van der Waals surface area contributed by atoms with Gasteiger partial charge in [-0.15, -0.1) is 0 Å². The number of aromatic nitrogens is 2. The van der Waals surface area contributed by atoms with E-state index >= 15 is 0 Å². The van der Waals surface area contributed by atoms with E-state index in [2.05, 4.69) is 15.3 Å². The zero-order valence-corrected chi connectivity index (χ0v) is 12.6. The SMILES string of the molecule is NC(=O)[C@H](Cc1cnc[nH]1)N1C[C@H](Cc2ccccc2)NC1=O. The first-order chi connectivity index (χ1) is 11.1. The summed E-state index contributed by atoms with van der Waals surface area (Å²) in [5.74, 6) is -0.518. The van der Waals surface area contributed by atoms with Crippen LogP contribution in [0.2, 0.25) is 0 Å². The molecule has 7 nitrogen and oxygen atoms in total. The van der Waals surface area contributed by atoms with Crippen LogP contribution in [0.1, 0.15) is 11.3 Å². The fourth-order valence-electron chi connectivity index (χ4n) is 2.88. The standard InChI is InChI=1S/C16H19N5O2/c17-15(22)14(7-12-8-18-10-19-12)21-9-13(20-16(21)23)6-11-4-2-1-3-5-11/h1-5,8,10,13-14H,6-7,9H2,(H2,17,22)(H,18,19)(H,20,23)/t13-,14-/m0/s1. The van der Waals surface area contributed by atoms with E-state index in [0.717, 1.165) is 17.7 Å². The van der Waals surface area contributed by atoms with E-state index < -0.39 is 11.9 Å². The van der Waals surface area contributed by atoms with Crippen molar-refractivity contribution in [1.82, 2.24) is 20.2 Å². The molecule has 3 rings (SSSR count). The molecule has 0 saturated carbocycles. The third-order valence-electron chi connectivity index (χ3n) is 4.00. The Kier molecular flexibility index (Phi) is 4.27. The smallest absolute Gasteiger partial charge is 0.318 e. The Morgan fingerprint density at radius 1 is 1.39 bits per heavy atom. The van der Waals surface area contributed by atoms with Crippen molar-refractivity contribution in [2.45, 2.75) is 24.9 Å². The van der Waals surface area contributed by atoms with E-state index in [9.17, 15) is 9.59 Å². The molecule has 1 fully saturated rings. The topological polar surface area (TPSA) is 104 Å². The molecule has 0 bridgehead atoms. The second-order valence-corrected chi connectivity index (χ2v) is 5.69. The van der Waals surface area contributed by atoms with Crippen LogP contribution in [0.5, 0.6) is 0 Å². The van der Waals surface area contributed by atoms with E-state index in [1.807, 2.05) is 30.3 Å². The maximum absolute atomic E-state index is 12.2. The molecule has 1 aliphatic rings. The molecule has 1 aromatic carbocycles. The van der Waals surface area contributed by atoms with Crippen molar-refractivity contribution < 1.29 is 9.59 Å². The number of benzene rings is 1. The monoisotopic (exact) mass is 313 g/mol. The molecule has 120 valence electrons. The highest BCUT2D eigenvalue weighted by Crippen LogP contribution is 2.15. The van der Waals surface area contributed by atoms with Crippen molar-refractivity contribution in [3.63, 3.8) is 0 Å². The Labute approximate surface area is 133 Å². The molecule has 2 atom stereocenters. The number of rotatable bonds is 6. The molecule has 7 heteroatoms. The van der Waals surface area contributed by atoms with Crippen molar-refractivity contribution in [3.8, 4) is 0 Å². The summed E-state index contributed by atoms with van der Waals surface area (Å²) in [6.07, 6.45) is 4.22. The molecule has 0 unspecified atom stereocenters. The van der Waals surface area contributed by atoms with E-state index in [0.29, 0.717) is 13.0 Å². The van der Waals surface area contributed by atoms with E-state index in [1.54, 1.807) is 6.20 Å². The fourth-order valence-corrected chi connectivity index (χ4v) is 2.88. The van der Waals surface area contributed by atoms with Crippen molar-refractivity contribution in [1.29, 1.82) is 0 Å². The highest BCUT2D eigenvalue weighted by molar-refractivity contribution is 5.87. The molecule has 23 heavy (non-hydrogen) atoms. The zero-order valence-electron chi connectivity index (χ0n) is 12.6. The zero-order chi connectivity index (χ0) is 16.2. The largest absolute Gasteiger partial charge is 0.368 e. The average molecular weight is 313 g/mol. The van der Waals surface area contributed by atoms with E-state index in [1.165, 1.54) is 11.2 Å². The highest BCUT2D eigenvalue weighted by Gasteiger charge is 2.36. The molecule has 1 saturated heterocycles. The predicted octanol–water partition coefficient (Wildman–Crippen LogP) is 0.443. The first kappa shape index (κ1) is 15.1. The van der Waals surface area contributed by atoms with Gasteiger partial charge in [0, 0.05) is 24.9 Å². The van der Waals surface area contributed by atoms with E-state index in [4.69, 9.17) is 5.73 Å². The predicted molar refractivity (Wildman–Crippen MR) is 84.4 cm³/mol. The number of H-pyrrole nitrogens is 1. The number of hydrogen-bond acceptors (Lipinski definition) is 3. The van der Waals surface area contributed by atoms with Crippen LogP contribution in [0.3, 0.4) is 0 Å². The Morgan fingerprint density at radius 2 is 2.17 bits per heavy atom. The van der Waals surface area contributed by atoms with Gasteiger partial charge in [-0.1, -0.05) is 30.3 Å². The molecular formula is C16H19N5O2. The minimum absolute atomic E-state index is 0.0338. The molecule has 1 aliphatic heterocycles. The van der Waals surface area contributed by atoms with Crippen molar-refractivity contribution in [2.24, 2.45) is 5.73 Å². The van der Waals surface area contributed by atoms with Gasteiger partial charge in [-0.25, -0.2) is 9.78 Å². The second kappa shape index (κ2) is 6.51. The van der Waals surface area contributed by atoms with Crippen LogP contribution in [0.25, 0.3) is 0 Å². The third kappa shape index (κ3) is 3.50. The summed E-state index contributed by atoms with van der Waals surface area (Å²) in [6.45, 7) is 0.454. The molecule has 2 heterocycles. The fraction of sp³-hybridized carbons (Fsp3) is 0.312. The average Bonchev–Trinajstić information content (AvgIpc) is 3.15. The molecule has 4 N–H and O–H groups in total. The van der Waals surface area contributed by atoms with Crippen LogP contribution in [0.4, 0.5) is 4.79 Å². The molecule has 3 amide bonds. The van der Waals surface area contributed by atoms with Crippen molar-refractivity contribution in [2.75, 3.05) is 6.54 Å². The summed E-state index contributed by atoms with van der Waals surface area (Å²) in [6, 6.07) is 8.95.